The Labute approximate surface area is 122 Å². The molecule has 0 spiro atoms. The summed E-state index contributed by atoms with van der Waals surface area (Å²) in [6.07, 6.45) is 0. The number of aromatic nitrogens is 3. The smallest absolute Gasteiger partial charge is 0.200 e. The largest absolute Gasteiger partial charge is 0.268 e. The number of nitrogens with zero attached hydrogens (tertiary/aromatic N) is 2. The van der Waals surface area contributed by atoms with E-state index in [1.165, 1.54) is 11.1 Å². The summed E-state index contributed by atoms with van der Waals surface area (Å²) < 4.78 is 2.56. The Bertz CT molecular complexity index is 780. The van der Waals surface area contributed by atoms with E-state index in [1.807, 2.05) is 34.9 Å². The van der Waals surface area contributed by atoms with Crippen molar-refractivity contribution in [2.24, 2.45) is 0 Å². The lowest BCUT2D eigenvalue weighted by Gasteiger charge is -2.08. The minimum Gasteiger partial charge on any atom is -0.268 e. The quantitative estimate of drug-likeness (QED) is 0.714. The standard InChI is InChI=1S/C16H15N3S/c1-11-8-12(2)10-13(9-11)15-17-18-16(20)19(15)14-6-4-3-5-7-14/h3-10H,1-2H3,(H,18,20). The number of benzene rings is 2. The van der Waals surface area contributed by atoms with Crippen molar-refractivity contribution in [2.75, 3.05) is 0 Å². The van der Waals surface area contributed by atoms with E-state index >= 15 is 0 Å². The molecule has 0 unspecified atom stereocenters. The van der Waals surface area contributed by atoms with Gasteiger partial charge in [-0.1, -0.05) is 35.4 Å². The Morgan fingerprint density at radius 3 is 2.30 bits per heavy atom. The van der Waals surface area contributed by atoms with Gasteiger partial charge in [-0.3, -0.25) is 9.67 Å². The molecule has 0 aliphatic rings. The van der Waals surface area contributed by atoms with Gasteiger partial charge in [0, 0.05) is 11.3 Å². The van der Waals surface area contributed by atoms with Gasteiger partial charge in [-0.25, -0.2) is 0 Å². The number of para-hydroxylation sites is 1. The minimum absolute atomic E-state index is 0.602. The summed E-state index contributed by atoms with van der Waals surface area (Å²) in [5.74, 6) is 0.841. The van der Waals surface area contributed by atoms with Crippen LogP contribution in [0.1, 0.15) is 11.1 Å². The summed E-state index contributed by atoms with van der Waals surface area (Å²) in [6.45, 7) is 4.18. The van der Waals surface area contributed by atoms with Gasteiger partial charge >= 0.3 is 0 Å². The molecule has 0 radical (unpaired) electrons. The predicted molar refractivity (Wildman–Crippen MR) is 83.7 cm³/mol. The molecule has 0 aliphatic carbocycles. The Hall–Kier alpha value is -2.20. The highest BCUT2D eigenvalue weighted by molar-refractivity contribution is 7.71. The van der Waals surface area contributed by atoms with Crippen LogP contribution in [0.15, 0.2) is 48.5 Å². The molecule has 0 saturated heterocycles. The van der Waals surface area contributed by atoms with Gasteiger partial charge in [0.2, 0.25) is 0 Å². The van der Waals surface area contributed by atoms with Gasteiger partial charge in [-0.05, 0) is 50.3 Å². The number of aryl methyl sites for hydroxylation is 2. The Morgan fingerprint density at radius 2 is 1.65 bits per heavy atom. The van der Waals surface area contributed by atoms with E-state index in [4.69, 9.17) is 12.2 Å². The molecule has 100 valence electrons. The lowest BCUT2D eigenvalue weighted by Crippen LogP contribution is -1.98. The average Bonchev–Trinajstić information content (AvgIpc) is 2.80. The molecule has 20 heavy (non-hydrogen) atoms. The maximum atomic E-state index is 5.37. The molecular formula is C16H15N3S. The second-order valence-electron chi connectivity index (χ2n) is 4.90. The third kappa shape index (κ3) is 2.30. The van der Waals surface area contributed by atoms with Crippen LogP contribution >= 0.6 is 12.2 Å². The molecule has 3 aromatic rings. The van der Waals surface area contributed by atoms with Crippen LogP contribution in [0, 0.1) is 18.6 Å². The first-order valence-corrected chi connectivity index (χ1v) is 6.87. The number of nitrogens with one attached hydrogen (secondary N) is 1. The fourth-order valence-electron chi connectivity index (χ4n) is 2.41. The Kier molecular flexibility index (Phi) is 3.24. The number of aromatic amines is 1. The zero-order valence-electron chi connectivity index (χ0n) is 11.4. The third-order valence-corrected chi connectivity index (χ3v) is 3.44. The molecule has 3 nitrogen and oxygen atoms in total. The van der Waals surface area contributed by atoms with E-state index in [-0.39, 0.29) is 0 Å². The van der Waals surface area contributed by atoms with Crippen molar-refractivity contribution in [3.63, 3.8) is 0 Å². The van der Waals surface area contributed by atoms with E-state index in [9.17, 15) is 0 Å². The zero-order chi connectivity index (χ0) is 14.1. The molecule has 4 heteroatoms. The van der Waals surface area contributed by atoms with Gasteiger partial charge in [0.15, 0.2) is 10.6 Å². The molecule has 0 bridgehead atoms. The van der Waals surface area contributed by atoms with Crippen LogP contribution in [-0.2, 0) is 0 Å². The molecule has 0 fully saturated rings. The molecule has 3 rings (SSSR count). The lowest BCUT2D eigenvalue weighted by atomic mass is 10.1. The topological polar surface area (TPSA) is 33.6 Å². The van der Waals surface area contributed by atoms with Crippen molar-refractivity contribution in [1.29, 1.82) is 0 Å². The normalized spacial score (nSPS) is 10.7. The molecule has 1 N–H and O–H groups in total. The first-order valence-electron chi connectivity index (χ1n) is 6.46. The first kappa shape index (κ1) is 12.8. The number of hydrogen-bond acceptors (Lipinski definition) is 2. The Morgan fingerprint density at radius 1 is 1.00 bits per heavy atom. The zero-order valence-corrected chi connectivity index (χ0v) is 12.2. The van der Waals surface area contributed by atoms with Crippen LogP contribution in [0.2, 0.25) is 0 Å². The molecule has 0 amide bonds. The van der Waals surface area contributed by atoms with E-state index in [0.717, 1.165) is 17.1 Å². The number of H-pyrrole nitrogens is 1. The minimum atomic E-state index is 0.602. The van der Waals surface area contributed by atoms with Crippen molar-refractivity contribution in [1.82, 2.24) is 14.8 Å². The van der Waals surface area contributed by atoms with Gasteiger partial charge in [-0.15, -0.1) is 0 Å². The summed E-state index contributed by atoms with van der Waals surface area (Å²) in [5, 5.41) is 7.28. The van der Waals surface area contributed by atoms with E-state index < -0.39 is 0 Å². The van der Waals surface area contributed by atoms with Crippen molar-refractivity contribution >= 4 is 12.2 Å². The van der Waals surface area contributed by atoms with Gasteiger partial charge in [-0.2, -0.15) is 5.10 Å². The van der Waals surface area contributed by atoms with Crippen LogP contribution in [0.3, 0.4) is 0 Å². The third-order valence-electron chi connectivity index (χ3n) is 3.17. The van der Waals surface area contributed by atoms with Crippen molar-refractivity contribution in [3.8, 4) is 17.1 Å². The molecule has 0 atom stereocenters. The summed E-state index contributed by atoms with van der Waals surface area (Å²) in [5.41, 5.74) is 4.51. The number of rotatable bonds is 2. The highest BCUT2D eigenvalue weighted by Gasteiger charge is 2.11. The predicted octanol–water partition coefficient (Wildman–Crippen LogP) is 4.21. The highest BCUT2D eigenvalue weighted by Crippen LogP contribution is 2.23. The second-order valence-corrected chi connectivity index (χ2v) is 5.29. The molecule has 1 heterocycles. The fraction of sp³-hybridized carbons (Fsp3) is 0.125. The monoisotopic (exact) mass is 281 g/mol. The van der Waals surface area contributed by atoms with E-state index in [0.29, 0.717) is 4.77 Å². The fourth-order valence-corrected chi connectivity index (χ4v) is 2.65. The van der Waals surface area contributed by atoms with Crippen molar-refractivity contribution < 1.29 is 0 Å². The van der Waals surface area contributed by atoms with Crippen LogP contribution in [-0.4, -0.2) is 14.8 Å². The summed E-state index contributed by atoms with van der Waals surface area (Å²) in [7, 11) is 0. The maximum Gasteiger partial charge on any atom is 0.200 e. The molecular weight excluding hydrogens is 266 g/mol. The van der Waals surface area contributed by atoms with Gasteiger partial charge in [0.05, 0.1) is 0 Å². The van der Waals surface area contributed by atoms with Gasteiger partial charge in [0.1, 0.15) is 0 Å². The van der Waals surface area contributed by atoms with Crippen LogP contribution < -0.4 is 0 Å². The SMILES string of the molecule is Cc1cc(C)cc(-c2n[nH]c(=S)n2-c2ccccc2)c1. The van der Waals surface area contributed by atoms with Crippen LogP contribution in [0.25, 0.3) is 17.1 Å². The average molecular weight is 281 g/mol. The summed E-state index contributed by atoms with van der Waals surface area (Å²) >= 11 is 5.37. The molecule has 0 aliphatic heterocycles. The van der Waals surface area contributed by atoms with Crippen LogP contribution in [0.5, 0.6) is 0 Å². The first-order chi connectivity index (χ1) is 9.65. The summed E-state index contributed by atoms with van der Waals surface area (Å²) in [6, 6.07) is 16.4. The van der Waals surface area contributed by atoms with Crippen molar-refractivity contribution in [3.05, 3.63) is 64.4 Å². The van der Waals surface area contributed by atoms with Crippen molar-refractivity contribution in [2.45, 2.75) is 13.8 Å². The van der Waals surface area contributed by atoms with Gasteiger partial charge < -0.3 is 0 Å². The molecule has 1 aromatic heterocycles. The Balaban J connectivity index is 2.24. The van der Waals surface area contributed by atoms with E-state index in [2.05, 4.69) is 42.2 Å². The number of hydrogen-bond donors (Lipinski definition) is 1. The second kappa shape index (κ2) is 5.06. The van der Waals surface area contributed by atoms with Crippen LogP contribution in [0.4, 0.5) is 0 Å². The molecule has 2 aromatic carbocycles. The lowest BCUT2D eigenvalue weighted by molar-refractivity contribution is 1.04. The van der Waals surface area contributed by atoms with Gasteiger partial charge in [0.25, 0.3) is 0 Å². The molecule has 0 saturated carbocycles. The van der Waals surface area contributed by atoms with E-state index in [1.54, 1.807) is 0 Å². The highest BCUT2D eigenvalue weighted by atomic mass is 32.1. The summed E-state index contributed by atoms with van der Waals surface area (Å²) in [4.78, 5) is 0. The maximum absolute atomic E-state index is 5.37.